The molecule has 2 atom stereocenters. The molecule has 0 aromatic heterocycles. The molecule has 2 N–H and O–H groups in total. The van der Waals surface area contributed by atoms with E-state index >= 15 is 0 Å². The Hall–Kier alpha value is -1.50. The third-order valence-electron chi connectivity index (χ3n) is 6.71. The van der Waals surface area contributed by atoms with Crippen LogP contribution >= 0.6 is 11.6 Å². The minimum atomic E-state index is -0.0911. The molecule has 4 saturated heterocycles. The van der Waals surface area contributed by atoms with Crippen LogP contribution in [0.15, 0.2) is 12.1 Å². The van der Waals surface area contributed by atoms with E-state index in [2.05, 4.69) is 20.4 Å². The van der Waals surface area contributed by atoms with Gasteiger partial charge >= 0.3 is 0 Å². The normalized spacial score (nSPS) is 29.7. The second-order valence-electron chi connectivity index (χ2n) is 8.23. The van der Waals surface area contributed by atoms with E-state index in [1.165, 1.54) is 25.9 Å². The number of fused-ring (bicyclic) bond motifs is 3. The average molecular weight is 407 g/mol. The molecule has 1 amide bonds. The van der Waals surface area contributed by atoms with Gasteiger partial charge in [-0.2, -0.15) is 0 Å². The van der Waals surface area contributed by atoms with Crippen LogP contribution in [0.5, 0.6) is 5.75 Å². The van der Waals surface area contributed by atoms with Gasteiger partial charge in [-0.25, -0.2) is 0 Å². The maximum Gasteiger partial charge on any atom is 0.255 e. The number of ether oxygens (including phenoxy) is 1. The highest BCUT2D eigenvalue weighted by molar-refractivity contribution is 6.33. The Labute approximate surface area is 172 Å². The number of nitrogens with one attached hydrogen (secondary N) is 2. The summed E-state index contributed by atoms with van der Waals surface area (Å²) in [6.45, 7) is 5.73. The summed E-state index contributed by atoms with van der Waals surface area (Å²) < 4.78 is 5.47. The van der Waals surface area contributed by atoms with E-state index in [0.717, 1.165) is 38.2 Å². The highest BCUT2D eigenvalue weighted by Crippen LogP contribution is 2.35. The number of piperidine rings is 3. The number of carbonyl (C=O) groups is 1. The molecule has 28 heavy (non-hydrogen) atoms. The first kappa shape index (κ1) is 19.8. The molecule has 4 fully saturated rings. The van der Waals surface area contributed by atoms with Crippen LogP contribution in [-0.4, -0.2) is 74.7 Å². The predicted molar refractivity (Wildman–Crippen MR) is 113 cm³/mol. The van der Waals surface area contributed by atoms with Crippen LogP contribution in [0, 0.1) is 5.92 Å². The fraction of sp³-hybridized carbons (Fsp3) is 0.667. The summed E-state index contributed by atoms with van der Waals surface area (Å²) in [5.41, 5.74) is 1.26. The van der Waals surface area contributed by atoms with E-state index in [1.54, 1.807) is 26.3 Å². The van der Waals surface area contributed by atoms with Crippen molar-refractivity contribution in [1.29, 1.82) is 0 Å². The van der Waals surface area contributed by atoms with E-state index in [9.17, 15) is 4.79 Å². The Kier molecular flexibility index (Phi) is 5.99. The molecule has 0 radical (unpaired) electrons. The molecular weight excluding hydrogens is 376 g/mol. The summed E-state index contributed by atoms with van der Waals surface area (Å²) in [7, 11) is 3.39. The molecule has 154 valence electrons. The van der Waals surface area contributed by atoms with E-state index in [4.69, 9.17) is 16.3 Å². The lowest BCUT2D eigenvalue weighted by Crippen LogP contribution is -2.66. The van der Waals surface area contributed by atoms with Crippen LogP contribution < -0.4 is 15.4 Å². The van der Waals surface area contributed by atoms with Crippen molar-refractivity contribution in [3.8, 4) is 5.75 Å². The van der Waals surface area contributed by atoms with Gasteiger partial charge in [0.15, 0.2) is 0 Å². The summed E-state index contributed by atoms with van der Waals surface area (Å²) in [6.07, 6.45) is 4.91. The number of hydrogen-bond acceptors (Lipinski definition) is 5. The van der Waals surface area contributed by atoms with Gasteiger partial charge in [0.05, 0.1) is 23.4 Å². The molecule has 5 rings (SSSR count). The summed E-state index contributed by atoms with van der Waals surface area (Å²) in [6, 6.07) is 4.07. The summed E-state index contributed by atoms with van der Waals surface area (Å²) in [4.78, 5) is 18.3. The molecule has 0 spiro atoms. The largest absolute Gasteiger partial charge is 0.496 e. The summed E-state index contributed by atoms with van der Waals surface area (Å²) >= 11 is 6.34. The van der Waals surface area contributed by atoms with Crippen LogP contribution in [0.2, 0.25) is 5.02 Å². The molecule has 1 aromatic rings. The first-order valence-corrected chi connectivity index (χ1v) is 10.8. The molecular formula is C21H31ClN4O2. The fourth-order valence-electron chi connectivity index (χ4n) is 5.14. The minimum Gasteiger partial charge on any atom is -0.496 e. The van der Waals surface area contributed by atoms with Gasteiger partial charge < -0.3 is 20.3 Å². The van der Waals surface area contributed by atoms with Gasteiger partial charge in [0.2, 0.25) is 0 Å². The van der Waals surface area contributed by atoms with Gasteiger partial charge in [-0.3, -0.25) is 9.69 Å². The molecule has 4 heterocycles. The van der Waals surface area contributed by atoms with Gasteiger partial charge in [0.1, 0.15) is 5.75 Å². The first-order chi connectivity index (χ1) is 13.6. The molecule has 0 aliphatic carbocycles. The van der Waals surface area contributed by atoms with Crippen molar-refractivity contribution in [2.24, 2.45) is 5.92 Å². The number of amides is 1. The van der Waals surface area contributed by atoms with Crippen LogP contribution in [0.1, 0.15) is 36.0 Å². The lowest BCUT2D eigenvalue weighted by molar-refractivity contribution is 0.0000189. The second kappa shape index (κ2) is 8.47. The number of likely N-dealkylation sites (tertiary alicyclic amines) is 1. The van der Waals surface area contributed by atoms with E-state index in [0.29, 0.717) is 28.3 Å². The lowest BCUT2D eigenvalue weighted by Gasteiger charge is -2.52. The van der Waals surface area contributed by atoms with Crippen molar-refractivity contribution in [2.75, 3.05) is 52.2 Å². The van der Waals surface area contributed by atoms with Crippen molar-refractivity contribution < 1.29 is 9.53 Å². The van der Waals surface area contributed by atoms with E-state index in [-0.39, 0.29) is 11.9 Å². The average Bonchev–Trinajstić information content (AvgIpc) is 3.23. The Morgan fingerprint density at radius 2 is 1.93 bits per heavy atom. The molecule has 2 unspecified atom stereocenters. The molecule has 6 nitrogen and oxygen atoms in total. The van der Waals surface area contributed by atoms with E-state index in [1.807, 2.05) is 0 Å². The Bertz CT molecular complexity index is 715. The summed E-state index contributed by atoms with van der Waals surface area (Å²) in [5.74, 6) is 1.01. The van der Waals surface area contributed by atoms with Crippen molar-refractivity contribution in [3.63, 3.8) is 0 Å². The van der Waals surface area contributed by atoms with Crippen LogP contribution in [0.3, 0.4) is 0 Å². The second-order valence-corrected chi connectivity index (χ2v) is 8.64. The van der Waals surface area contributed by atoms with Gasteiger partial charge in [0.25, 0.3) is 5.91 Å². The number of methoxy groups -OCH3 is 1. The van der Waals surface area contributed by atoms with Crippen molar-refractivity contribution in [3.05, 3.63) is 22.7 Å². The van der Waals surface area contributed by atoms with Gasteiger partial charge in [0, 0.05) is 31.7 Å². The van der Waals surface area contributed by atoms with Crippen LogP contribution in [0.4, 0.5) is 5.69 Å². The third-order valence-corrected chi connectivity index (χ3v) is 7.02. The zero-order valence-electron chi connectivity index (χ0n) is 16.8. The number of carbonyl (C=O) groups excluding carboxylic acids is 1. The monoisotopic (exact) mass is 406 g/mol. The smallest absolute Gasteiger partial charge is 0.255 e. The maximum absolute atomic E-state index is 13.2. The Morgan fingerprint density at radius 1 is 1.21 bits per heavy atom. The number of halogens is 1. The van der Waals surface area contributed by atoms with E-state index < -0.39 is 0 Å². The van der Waals surface area contributed by atoms with Crippen molar-refractivity contribution in [1.82, 2.24) is 15.1 Å². The highest BCUT2D eigenvalue weighted by atomic mass is 35.5. The quantitative estimate of drug-likeness (QED) is 0.760. The lowest BCUT2D eigenvalue weighted by atomic mass is 9.78. The fourth-order valence-corrected chi connectivity index (χ4v) is 5.40. The summed E-state index contributed by atoms with van der Waals surface area (Å²) in [5, 5.41) is 6.92. The molecule has 2 bridgehead atoms. The molecule has 7 heteroatoms. The van der Waals surface area contributed by atoms with Crippen molar-refractivity contribution in [2.45, 2.75) is 37.8 Å². The zero-order chi connectivity index (χ0) is 19.7. The van der Waals surface area contributed by atoms with Gasteiger partial charge in [-0.15, -0.1) is 0 Å². The van der Waals surface area contributed by atoms with Gasteiger partial charge in [-0.1, -0.05) is 11.6 Å². The standard InChI is InChI=1S/C21H31ClN4O2/c1-23-17-12-19(28-2)15(11-16(17)22)21(27)24-20-14-5-9-26(10-6-14)18(20)13-25-7-3-4-8-25/h11-12,14,18,20,23H,3-10,13H2,1-2H3,(H,24,27). The Balaban J connectivity index is 1.54. The number of anilines is 1. The Morgan fingerprint density at radius 3 is 2.57 bits per heavy atom. The molecule has 4 aliphatic rings. The molecule has 0 saturated carbocycles. The van der Waals surface area contributed by atoms with Crippen molar-refractivity contribution >= 4 is 23.2 Å². The number of nitrogens with zero attached hydrogens (tertiary/aromatic N) is 2. The third kappa shape index (κ3) is 3.82. The SMILES string of the molecule is CNc1cc(OC)c(C(=O)NC2C3CCN(CC3)C2CN2CCCC2)cc1Cl. The zero-order valence-corrected chi connectivity index (χ0v) is 17.6. The predicted octanol–water partition coefficient (Wildman–Crippen LogP) is 2.68. The highest BCUT2D eigenvalue weighted by Gasteiger charge is 2.43. The van der Waals surface area contributed by atoms with Crippen LogP contribution in [-0.2, 0) is 0 Å². The number of benzene rings is 1. The minimum absolute atomic E-state index is 0.0911. The maximum atomic E-state index is 13.2. The van der Waals surface area contributed by atoms with Crippen LogP contribution in [0.25, 0.3) is 0 Å². The van der Waals surface area contributed by atoms with Gasteiger partial charge in [-0.05, 0) is 63.8 Å². The number of hydrogen-bond donors (Lipinski definition) is 2. The first-order valence-electron chi connectivity index (χ1n) is 10.4. The number of rotatable bonds is 6. The molecule has 1 aromatic carbocycles. The molecule has 4 aliphatic heterocycles. The topological polar surface area (TPSA) is 56.8 Å².